The standard InChI is InChI=1S/C27H41ClN2O2/c1-18(2)25(7-9-31)29-8-3-4-19-5-6-24(28)23(13-19)26(32)30-17-27-14-20-10-21(15-27)12-22(11-20)16-27/h5-6,13,18,20-22,25,29,31H,3-4,7-12,14-17H2,1-2H3,(H,30,32). The smallest absolute Gasteiger partial charge is 0.252 e. The first-order valence-corrected chi connectivity index (χ1v) is 13.2. The van der Waals surface area contributed by atoms with E-state index in [0.29, 0.717) is 28.0 Å². The minimum atomic E-state index is -0.0199. The second-order valence-corrected chi connectivity index (χ2v) is 11.7. The zero-order valence-electron chi connectivity index (χ0n) is 19.8. The monoisotopic (exact) mass is 460 g/mol. The Hall–Kier alpha value is -1.10. The average Bonchev–Trinajstić information content (AvgIpc) is 2.74. The number of amides is 1. The largest absolute Gasteiger partial charge is 0.396 e. The third kappa shape index (κ3) is 5.69. The molecule has 0 radical (unpaired) electrons. The molecule has 0 aliphatic heterocycles. The molecule has 4 bridgehead atoms. The van der Waals surface area contributed by atoms with Gasteiger partial charge in [-0.2, -0.15) is 0 Å². The fourth-order valence-corrected chi connectivity index (χ4v) is 7.36. The van der Waals surface area contributed by atoms with Gasteiger partial charge in [0.25, 0.3) is 5.91 Å². The van der Waals surface area contributed by atoms with Gasteiger partial charge in [0.15, 0.2) is 0 Å². The topological polar surface area (TPSA) is 61.4 Å². The summed E-state index contributed by atoms with van der Waals surface area (Å²) in [5, 5.41) is 16.6. The van der Waals surface area contributed by atoms with Gasteiger partial charge in [0.2, 0.25) is 0 Å². The zero-order valence-corrected chi connectivity index (χ0v) is 20.6. The molecule has 5 heteroatoms. The fourth-order valence-electron chi connectivity index (χ4n) is 7.16. The molecule has 32 heavy (non-hydrogen) atoms. The lowest BCUT2D eigenvalue weighted by atomic mass is 9.49. The molecule has 0 heterocycles. The number of hydrogen-bond acceptors (Lipinski definition) is 3. The highest BCUT2D eigenvalue weighted by Gasteiger charge is 2.50. The van der Waals surface area contributed by atoms with Crippen molar-refractivity contribution in [3.05, 3.63) is 34.3 Å². The van der Waals surface area contributed by atoms with E-state index in [9.17, 15) is 9.90 Å². The van der Waals surface area contributed by atoms with Crippen LogP contribution in [0.25, 0.3) is 0 Å². The average molecular weight is 461 g/mol. The maximum Gasteiger partial charge on any atom is 0.252 e. The van der Waals surface area contributed by atoms with Crippen molar-refractivity contribution in [1.29, 1.82) is 0 Å². The molecule has 0 aromatic heterocycles. The van der Waals surface area contributed by atoms with Crippen LogP contribution in [-0.2, 0) is 6.42 Å². The van der Waals surface area contributed by atoms with E-state index >= 15 is 0 Å². The number of aliphatic hydroxyl groups excluding tert-OH is 1. The van der Waals surface area contributed by atoms with Gasteiger partial charge >= 0.3 is 0 Å². The normalized spacial score (nSPS) is 29.5. The maximum absolute atomic E-state index is 13.0. The Morgan fingerprint density at radius 1 is 1.16 bits per heavy atom. The van der Waals surface area contributed by atoms with Crippen LogP contribution < -0.4 is 10.6 Å². The third-order valence-electron chi connectivity index (χ3n) is 8.36. The molecule has 5 rings (SSSR count). The number of benzene rings is 1. The van der Waals surface area contributed by atoms with E-state index in [1.807, 2.05) is 18.2 Å². The van der Waals surface area contributed by atoms with Gasteiger partial charge in [-0.3, -0.25) is 4.79 Å². The molecule has 0 spiro atoms. The number of aliphatic hydroxyl groups is 1. The van der Waals surface area contributed by atoms with Gasteiger partial charge in [0.05, 0.1) is 10.6 Å². The van der Waals surface area contributed by atoms with Crippen molar-refractivity contribution in [2.75, 3.05) is 19.7 Å². The number of carbonyl (C=O) groups excluding carboxylic acids is 1. The predicted octanol–water partition coefficient (Wildman–Crippen LogP) is 5.22. The Morgan fingerprint density at radius 3 is 2.41 bits per heavy atom. The van der Waals surface area contributed by atoms with Gasteiger partial charge in [-0.15, -0.1) is 0 Å². The third-order valence-corrected chi connectivity index (χ3v) is 8.69. The SMILES string of the molecule is CC(C)C(CCO)NCCCc1ccc(Cl)c(C(=O)NCC23CC4CC(CC(C4)C2)C3)c1. The summed E-state index contributed by atoms with van der Waals surface area (Å²) in [6.07, 6.45) is 10.9. The van der Waals surface area contributed by atoms with Crippen molar-refractivity contribution in [2.24, 2.45) is 29.1 Å². The number of rotatable bonds is 11. The van der Waals surface area contributed by atoms with Crippen LogP contribution in [0.5, 0.6) is 0 Å². The summed E-state index contributed by atoms with van der Waals surface area (Å²) in [4.78, 5) is 13.0. The van der Waals surface area contributed by atoms with Crippen LogP contribution in [0.1, 0.15) is 81.1 Å². The van der Waals surface area contributed by atoms with Crippen molar-refractivity contribution < 1.29 is 9.90 Å². The van der Waals surface area contributed by atoms with Gasteiger partial charge in [-0.25, -0.2) is 0 Å². The first-order valence-electron chi connectivity index (χ1n) is 12.8. The highest BCUT2D eigenvalue weighted by Crippen LogP contribution is 2.59. The Morgan fingerprint density at radius 2 is 1.81 bits per heavy atom. The summed E-state index contributed by atoms with van der Waals surface area (Å²) in [5.41, 5.74) is 2.10. The molecule has 1 aromatic carbocycles. The van der Waals surface area contributed by atoms with Crippen molar-refractivity contribution in [3.63, 3.8) is 0 Å². The molecule has 4 nitrogen and oxygen atoms in total. The second kappa shape index (κ2) is 10.4. The van der Waals surface area contributed by atoms with Gasteiger partial charge in [-0.1, -0.05) is 31.5 Å². The lowest BCUT2D eigenvalue weighted by molar-refractivity contribution is -0.0503. The maximum atomic E-state index is 13.0. The Labute approximate surface area is 198 Å². The number of hydrogen-bond donors (Lipinski definition) is 3. The molecule has 1 amide bonds. The quantitative estimate of drug-likeness (QED) is 0.397. The summed E-state index contributed by atoms with van der Waals surface area (Å²) in [6, 6.07) is 6.22. The fraction of sp³-hybridized carbons (Fsp3) is 0.741. The van der Waals surface area contributed by atoms with E-state index in [2.05, 4.69) is 24.5 Å². The lowest BCUT2D eigenvalue weighted by Gasteiger charge is -2.56. The summed E-state index contributed by atoms with van der Waals surface area (Å²) in [7, 11) is 0. The van der Waals surface area contributed by atoms with E-state index in [0.717, 1.165) is 55.7 Å². The van der Waals surface area contributed by atoms with Crippen LogP contribution in [0, 0.1) is 29.1 Å². The second-order valence-electron chi connectivity index (χ2n) is 11.3. The molecule has 178 valence electrons. The Kier molecular flexibility index (Phi) is 7.85. The van der Waals surface area contributed by atoms with Crippen LogP contribution in [0.4, 0.5) is 0 Å². The van der Waals surface area contributed by atoms with Gasteiger partial charge < -0.3 is 15.7 Å². The number of carbonyl (C=O) groups is 1. The van der Waals surface area contributed by atoms with Crippen molar-refractivity contribution >= 4 is 17.5 Å². The summed E-state index contributed by atoms with van der Waals surface area (Å²) in [6.45, 7) is 6.29. The molecule has 4 aliphatic carbocycles. The minimum absolute atomic E-state index is 0.0199. The van der Waals surface area contributed by atoms with Crippen LogP contribution in [0.15, 0.2) is 18.2 Å². The van der Waals surface area contributed by atoms with E-state index in [4.69, 9.17) is 11.6 Å². The Balaban J connectivity index is 1.29. The summed E-state index contributed by atoms with van der Waals surface area (Å²) >= 11 is 6.42. The van der Waals surface area contributed by atoms with Crippen molar-refractivity contribution in [3.8, 4) is 0 Å². The predicted molar refractivity (Wildman–Crippen MR) is 131 cm³/mol. The zero-order chi connectivity index (χ0) is 22.7. The number of aryl methyl sites for hydroxylation is 1. The van der Waals surface area contributed by atoms with Crippen LogP contribution >= 0.6 is 11.6 Å². The molecular weight excluding hydrogens is 420 g/mol. The van der Waals surface area contributed by atoms with Crippen molar-refractivity contribution in [2.45, 2.75) is 77.7 Å². The molecule has 4 fully saturated rings. The molecule has 1 aromatic rings. The highest BCUT2D eigenvalue weighted by atomic mass is 35.5. The van der Waals surface area contributed by atoms with Crippen molar-refractivity contribution in [1.82, 2.24) is 10.6 Å². The van der Waals surface area contributed by atoms with Gasteiger partial charge in [0.1, 0.15) is 0 Å². The van der Waals surface area contributed by atoms with Crippen LogP contribution in [0.2, 0.25) is 5.02 Å². The molecular formula is C27H41ClN2O2. The van der Waals surface area contributed by atoms with E-state index < -0.39 is 0 Å². The number of halogens is 1. The van der Waals surface area contributed by atoms with Crippen LogP contribution in [-0.4, -0.2) is 36.8 Å². The Bertz CT molecular complexity index is 759. The van der Waals surface area contributed by atoms with Crippen LogP contribution in [0.3, 0.4) is 0 Å². The van der Waals surface area contributed by atoms with E-state index in [-0.39, 0.29) is 12.5 Å². The van der Waals surface area contributed by atoms with E-state index in [1.165, 1.54) is 38.5 Å². The lowest BCUT2D eigenvalue weighted by Crippen LogP contribution is -2.51. The molecule has 4 aliphatic rings. The summed E-state index contributed by atoms with van der Waals surface area (Å²) in [5.74, 6) is 3.17. The summed E-state index contributed by atoms with van der Waals surface area (Å²) < 4.78 is 0. The molecule has 1 unspecified atom stereocenters. The minimum Gasteiger partial charge on any atom is -0.396 e. The first kappa shape index (κ1) is 24.0. The molecule has 3 N–H and O–H groups in total. The van der Waals surface area contributed by atoms with Gasteiger partial charge in [0, 0.05) is 19.2 Å². The van der Waals surface area contributed by atoms with Gasteiger partial charge in [-0.05, 0) is 111 Å². The van der Waals surface area contributed by atoms with E-state index in [1.54, 1.807) is 0 Å². The number of nitrogens with one attached hydrogen (secondary N) is 2. The first-order chi connectivity index (χ1) is 15.4. The highest BCUT2D eigenvalue weighted by molar-refractivity contribution is 6.33. The molecule has 0 saturated heterocycles. The molecule has 4 saturated carbocycles. The molecule has 1 atom stereocenters.